The molecule has 3 aromatic rings. The molecule has 1 N–H and O–H groups in total. The van der Waals surface area contributed by atoms with Gasteiger partial charge in [0, 0.05) is 5.02 Å². The first-order valence-corrected chi connectivity index (χ1v) is 11.4. The topological polar surface area (TPSA) is 102 Å². The van der Waals surface area contributed by atoms with Gasteiger partial charge in [0.25, 0.3) is 11.8 Å². The third-order valence-corrected chi connectivity index (χ3v) is 5.51. The lowest BCUT2D eigenvalue weighted by Gasteiger charge is -2.26. The highest BCUT2D eigenvalue weighted by Gasteiger charge is 2.36. The monoisotopic (exact) mass is 504 g/mol. The number of aryl methyl sites for hydroxylation is 1. The van der Waals surface area contributed by atoms with E-state index in [1.807, 2.05) is 6.92 Å². The van der Waals surface area contributed by atoms with Crippen LogP contribution >= 0.6 is 11.6 Å². The summed E-state index contributed by atoms with van der Waals surface area (Å²) in [6.45, 7) is 3.97. The Hall–Kier alpha value is -4.43. The summed E-state index contributed by atoms with van der Waals surface area (Å²) in [6.07, 6.45) is 1.33. The fourth-order valence-electron chi connectivity index (χ4n) is 3.46. The molecule has 1 aliphatic heterocycles. The number of barbiturate groups is 1. The van der Waals surface area contributed by atoms with Gasteiger partial charge in [-0.15, -0.1) is 0 Å². The van der Waals surface area contributed by atoms with Crippen LogP contribution in [0.15, 0.2) is 72.3 Å². The summed E-state index contributed by atoms with van der Waals surface area (Å²) in [5.74, 6) is -1.74. The molecule has 0 radical (unpaired) electrons. The maximum absolute atomic E-state index is 13.1. The van der Waals surface area contributed by atoms with Gasteiger partial charge in [0.05, 0.1) is 17.9 Å². The molecule has 1 aliphatic rings. The molecule has 0 aromatic heterocycles. The molecule has 4 rings (SSSR count). The number of benzene rings is 3. The van der Waals surface area contributed by atoms with E-state index >= 15 is 0 Å². The summed E-state index contributed by atoms with van der Waals surface area (Å²) in [6, 6.07) is 16.7. The Labute approximate surface area is 212 Å². The first-order valence-electron chi connectivity index (χ1n) is 11.0. The van der Waals surface area contributed by atoms with Gasteiger partial charge in [-0.3, -0.25) is 14.9 Å². The number of anilines is 1. The van der Waals surface area contributed by atoms with E-state index in [1.165, 1.54) is 42.5 Å². The van der Waals surface area contributed by atoms with Gasteiger partial charge in [-0.25, -0.2) is 14.5 Å². The number of halogens is 1. The first-order chi connectivity index (χ1) is 17.3. The maximum atomic E-state index is 13.1. The van der Waals surface area contributed by atoms with Crippen molar-refractivity contribution >= 4 is 47.2 Å². The van der Waals surface area contributed by atoms with Crippen LogP contribution in [0, 0.1) is 6.92 Å². The Morgan fingerprint density at radius 3 is 2.33 bits per heavy atom. The molecule has 4 amide bonds. The number of imide groups is 2. The second-order valence-electron chi connectivity index (χ2n) is 7.83. The van der Waals surface area contributed by atoms with Gasteiger partial charge < -0.3 is 9.47 Å². The summed E-state index contributed by atoms with van der Waals surface area (Å²) in [7, 11) is 0. The molecular formula is C27H21ClN2O6. The maximum Gasteiger partial charge on any atom is 0.343 e. The minimum Gasteiger partial charge on any atom is -0.490 e. The van der Waals surface area contributed by atoms with Gasteiger partial charge in [-0.1, -0.05) is 35.4 Å². The number of amides is 4. The van der Waals surface area contributed by atoms with E-state index in [9.17, 15) is 19.2 Å². The summed E-state index contributed by atoms with van der Waals surface area (Å²) >= 11 is 5.90. The highest BCUT2D eigenvalue weighted by atomic mass is 35.5. The summed E-state index contributed by atoms with van der Waals surface area (Å²) in [5.41, 5.74) is 1.82. The van der Waals surface area contributed by atoms with E-state index in [2.05, 4.69) is 5.32 Å². The van der Waals surface area contributed by atoms with Crippen LogP contribution in [-0.2, 0) is 9.59 Å². The van der Waals surface area contributed by atoms with Gasteiger partial charge >= 0.3 is 12.0 Å². The number of hydrogen-bond acceptors (Lipinski definition) is 6. The van der Waals surface area contributed by atoms with Crippen LogP contribution < -0.4 is 19.7 Å². The van der Waals surface area contributed by atoms with Crippen LogP contribution in [-0.4, -0.2) is 30.4 Å². The average Bonchev–Trinajstić information content (AvgIpc) is 2.85. The van der Waals surface area contributed by atoms with E-state index in [4.69, 9.17) is 21.1 Å². The molecule has 8 nitrogen and oxygen atoms in total. The predicted molar refractivity (Wildman–Crippen MR) is 134 cm³/mol. The zero-order valence-electron chi connectivity index (χ0n) is 19.4. The Kier molecular flexibility index (Phi) is 7.17. The molecule has 36 heavy (non-hydrogen) atoms. The number of nitrogens with one attached hydrogen (secondary N) is 1. The number of nitrogens with zero attached hydrogens (tertiary/aromatic N) is 1. The lowest BCUT2D eigenvalue weighted by molar-refractivity contribution is -0.122. The number of esters is 1. The number of carbonyl (C=O) groups excluding carboxylic acids is 4. The SMILES string of the molecule is CCOc1cc(/C=C2\C(=O)NC(=O)N(c3ccc(Cl)cc3)C2=O)ccc1OC(=O)c1ccc(C)cc1. The lowest BCUT2D eigenvalue weighted by Crippen LogP contribution is -2.54. The summed E-state index contributed by atoms with van der Waals surface area (Å²) in [5, 5.41) is 2.60. The highest BCUT2D eigenvalue weighted by molar-refractivity contribution is 6.39. The van der Waals surface area contributed by atoms with Crippen molar-refractivity contribution in [2.75, 3.05) is 11.5 Å². The van der Waals surface area contributed by atoms with E-state index in [1.54, 1.807) is 37.3 Å². The summed E-state index contributed by atoms with van der Waals surface area (Å²) < 4.78 is 11.1. The third-order valence-electron chi connectivity index (χ3n) is 5.26. The zero-order valence-corrected chi connectivity index (χ0v) is 20.2. The Morgan fingerprint density at radius 1 is 0.972 bits per heavy atom. The quantitative estimate of drug-likeness (QED) is 0.221. The predicted octanol–water partition coefficient (Wildman–Crippen LogP) is 4.93. The van der Waals surface area contributed by atoms with Crippen molar-refractivity contribution in [3.05, 3.63) is 94.0 Å². The number of hydrogen-bond donors (Lipinski definition) is 1. The van der Waals surface area contributed by atoms with Crippen molar-refractivity contribution < 1.29 is 28.7 Å². The van der Waals surface area contributed by atoms with Crippen molar-refractivity contribution in [2.45, 2.75) is 13.8 Å². The summed E-state index contributed by atoms with van der Waals surface area (Å²) in [4.78, 5) is 51.3. The smallest absolute Gasteiger partial charge is 0.343 e. The van der Waals surface area contributed by atoms with Gasteiger partial charge in [-0.05, 0) is 74.0 Å². The number of urea groups is 1. The van der Waals surface area contributed by atoms with Crippen molar-refractivity contribution in [2.24, 2.45) is 0 Å². The third kappa shape index (κ3) is 5.29. The molecule has 1 heterocycles. The molecule has 1 saturated heterocycles. The van der Waals surface area contributed by atoms with E-state index in [0.29, 0.717) is 16.1 Å². The lowest BCUT2D eigenvalue weighted by atomic mass is 10.1. The number of rotatable bonds is 6. The van der Waals surface area contributed by atoms with Gasteiger partial charge in [-0.2, -0.15) is 0 Å². The van der Waals surface area contributed by atoms with Crippen molar-refractivity contribution in [3.63, 3.8) is 0 Å². The van der Waals surface area contributed by atoms with Crippen LogP contribution in [0.5, 0.6) is 11.5 Å². The number of ether oxygens (including phenoxy) is 2. The van der Waals surface area contributed by atoms with E-state index in [0.717, 1.165) is 10.5 Å². The fraction of sp³-hybridized carbons (Fsp3) is 0.111. The zero-order chi connectivity index (χ0) is 25.8. The van der Waals surface area contributed by atoms with Crippen molar-refractivity contribution in [1.29, 1.82) is 0 Å². The Morgan fingerprint density at radius 2 is 1.67 bits per heavy atom. The van der Waals surface area contributed by atoms with Gasteiger partial charge in [0.2, 0.25) is 0 Å². The Bertz CT molecular complexity index is 1380. The second-order valence-corrected chi connectivity index (χ2v) is 8.27. The van der Waals surface area contributed by atoms with Crippen molar-refractivity contribution in [1.82, 2.24) is 5.32 Å². The molecule has 0 unspecified atom stereocenters. The average molecular weight is 505 g/mol. The molecule has 0 saturated carbocycles. The molecule has 0 atom stereocenters. The van der Waals surface area contributed by atoms with Crippen LogP contribution in [0.2, 0.25) is 5.02 Å². The first kappa shape index (κ1) is 24.7. The van der Waals surface area contributed by atoms with Crippen LogP contribution in [0.1, 0.15) is 28.4 Å². The molecule has 0 aliphatic carbocycles. The van der Waals surface area contributed by atoms with Gasteiger partial charge in [0.15, 0.2) is 11.5 Å². The van der Waals surface area contributed by atoms with Crippen LogP contribution in [0.3, 0.4) is 0 Å². The molecule has 182 valence electrons. The largest absolute Gasteiger partial charge is 0.490 e. The Balaban J connectivity index is 1.63. The molecule has 9 heteroatoms. The number of carbonyl (C=O) groups is 4. The molecule has 0 bridgehead atoms. The minimum absolute atomic E-state index is 0.182. The highest BCUT2D eigenvalue weighted by Crippen LogP contribution is 2.31. The van der Waals surface area contributed by atoms with E-state index in [-0.39, 0.29) is 29.4 Å². The standard InChI is InChI=1S/C27H21ClN2O6/c1-3-35-23-15-17(6-13-22(23)36-26(33)18-7-4-16(2)5-8-18)14-21-24(31)29-27(34)30(25(21)32)20-11-9-19(28)10-12-20/h4-15H,3H2,1-2H3,(H,29,31,34)/b21-14+. The molecule has 3 aromatic carbocycles. The van der Waals surface area contributed by atoms with Crippen LogP contribution in [0.4, 0.5) is 10.5 Å². The van der Waals surface area contributed by atoms with E-state index < -0.39 is 23.8 Å². The van der Waals surface area contributed by atoms with Crippen LogP contribution in [0.25, 0.3) is 6.08 Å². The molecular weight excluding hydrogens is 484 g/mol. The second kappa shape index (κ2) is 10.5. The molecule has 0 spiro atoms. The van der Waals surface area contributed by atoms with Crippen molar-refractivity contribution in [3.8, 4) is 11.5 Å². The molecule has 1 fully saturated rings. The fourth-order valence-corrected chi connectivity index (χ4v) is 3.59. The van der Waals surface area contributed by atoms with Gasteiger partial charge in [0.1, 0.15) is 5.57 Å². The normalized spacial score (nSPS) is 14.6. The minimum atomic E-state index is -0.863.